The second kappa shape index (κ2) is 9.02. The Bertz CT molecular complexity index is 1370. The van der Waals surface area contributed by atoms with Gasteiger partial charge in [-0.2, -0.15) is 5.10 Å². The Labute approximate surface area is 190 Å². The molecular formula is C23H22N4O5S. The highest BCUT2D eigenvalue weighted by atomic mass is 32.2. The Morgan fingerprint density at radius 2 is 1.76 bits per heavy atom. The topological polar surface area (TPSA) is 148 Å². The van der Waals surface area contributed by atoms with E-state index in [2.05, 4.69) is 19.9 Å². The van der Waals surface area contributed by atoms with Crippen LogP contribution in [0.5, 0.6) is 11.5 Å². The van der Waals surface area contributed by atoms with Crippen molar-refractivity contribution in [2.75, 3.05) is 6.54 Å². The van der Waals surface area contributed by atoms with E-state index in [1.54, 1.807) is 36.4 Å². The van der Waals surface area contributed by atoms with Crippen LogP contribution in [0, 0.1) is 6.92 Å². The van der Waals surface area contributed by atoms with Gasteiger partial charge in [0.2, 0.25) is 10.0 Å². The molecule has 3 aromatic carbocycles. The van der Waals surface area contributed by atoms with E-state index < -0.39 is 26.8 Å². The molecule has 1 unspecified atom stereocenters. The Kier molecular flexibility index (Phi) is 6.14. The van der Waals surface area contributed by atoms with Gasteiger partial charge in [0.1, 0.15) is 22.7 Å². The summed E-state index contributed by atoms with van der Waals surface area (Å²) in [5.41, 5.74) is 2.79. The van der Waals surface area contributed by atoms with Gasteiger partial charge in [0.05, 0.1) is 6.10 Å². The molecule has 0 saturated heterocycles. The van der Waals surface area contributed by atoms with Crippen molar-refractivity contribution in [3.8, 4) is 34.0 Å². The number of aryl methyl sites for hydroxylation is 1. The molecule has 5 N–H and O–H groups in total. The first-order valence-electron chi connectivity index (χ1n) is 10.0. The highest BCUT2D eigenvalue weighted by molar-refractivity contribution is 7.89. The lowest BCUT2D eigenvalue weighted by Crippen LogP contribution is -2.28. The predicted molar refractivity (Wildman–Crippen MR) is 122 cm³/mol. The molecule has 0 saturated carbocycles. The van der Waals surface area contributed by atoms with E-state index in [0.717, 1.165) is 11.6 Å². The van der Waals surface area contributed by atoms with Crippen LogP contribution in [0.4, 0.5) is 0 Å². The second-order valence-electron chi connectivity index (χ2n) is 7.48. The fourth-order valence-corrected chi connectivity index (χ4v) is 4.59. The Morgan fingerprint density at radius 1 is 1.00 bits per heavy atom. The third kappa shape index (κ3) is 4.72. The zero-order valence-corrected chi connectivity index (χ0v) is 18.4. The van der Waals surface area contributed by atoms with Gasteiger partial charge in [-0.1, -0.05) is 42.5 Å². The zero-order chi connectivity index (χ0) is 23.6. The van der Waals surface area contributed by atoms with E-state index in [9.17, 15) is 23.7 Å². The largest absolute Gasteiger partial charge is 0.507 e. The van der Waals surface area contributed by atoms with Crippen LogP contribution >= 0.6 is 0 Å². The Morgan fingerprint density at radius 3 is 2.45 bits per heavy atom. The molecule has 0 amide bonds. The molecule has 4 rings (SSSR count). The molecule has 1 heterocycles. The number of aliphatic hydroxyl groups is 1. The van der Waals surface area contributed by atoms with Crippen LogP contribution in [0.2, 0.25) is 0 Å². The number of benzene rings is 3. The van der Waals surface area contributed by atoms with Gasteiger partial charge < -0.3 is 15.3 Å². The number of nitrogens with one attached hydrogen (secondary N) is 2. The fraction of sp³-hybridized carbons (Fsp3) is 0.130. The van der Waals surface area contributed by atoms with Crippen LogP contribution in [0.25, 0.3) is 22.5 Å². The molecule has 33 heavy (non-hydrogen) atoms. The van der Waals surface area contributed by atoms with Crippen LogP contribution in [0.1, 0.15) is 17.2 Å². The van der Waals surface area contributed by atoms with Crippen molar-refractivity contribution in [1.29, 1.82) is 0 Å². The molecule has 0 spiro atoms. The number of aliphatic hydroxyl groups excluding tert-OH is 1. The minimum atomic E-state index is -4.21. The van der Waals surface area contributed by atoms with E-state index in [1.807, 2.05) is 19.1 Å². The van der Waals surface area contributed by atoms with E-state index in [0.29, 0.717) is 22.5 Å². The molecule has 4 aromatic rings. The average molecular weight is 467 g/mol. The number of hydrogen-bond acceptors (Lipinski definition) is 7. The molecule has 0 fully saturated rings. The maximum absolute atomic E-state index is 12.9. The maximum atomic E-state index is 12.9. The Hall–Kier alpha value is -3.73. The van der Waals surface area contributed by atoms with E-state index >= 15 is 0 Å². The summed E-state index contributed by atoms with van der Waals surface area (Å²) in [7, 11) is -4.21. The quantitative estimate of drug-likeness (QED) is 0.281. The summed E-state index contributed by atoms with van der Waals surface area (Å²) in [6, 6.07) is 16.2. The Balaban J connectivity index is 1.68. The summed E-state index contributed by atoms with van der Waals surface area (Å²) in [6.07, 6.45) is 0.299. The number of phenols is 2. The zero-order valence-electron chi connectivity index (χ0n) is 17.6. The monoisotopic (exact) mass is 466 g/mol. The number of rotatable bonds is 7. The predicted octanol–water partition coefficient (Wildman–Crippen LogP) is 2.87. The third-order valence-electron chi connectivity index (χ3n) is 5.23. The number of nitrogens with zero attached hydrogens (tertiary/aromatic N) is 2. The smallest absolute Gasteiger partial charge is 0.244 e. The van der Waals surface area contributed by atoms with Crippen molar-refractivity contribution in [2.45, 2.75) is 17.9 Å². The van der Waals surface area contributed by atoms with Gasteiger partial charge in [0, 0.05) is 23.7 Å². The van der Waals surface area contributed by atoms with Crippen LogP contribution < -0.4 is 4.72 Å². The van der Waals surface area contributed by atoms with E-state index in [1.165, 1.54) is 12.4 Å². The summed E-state index contributed by atoms with van der Waals surface area (Å²) in [4.78, 5) is 3.69. The van der Waals surface area contributed by atoms with Crippen LogP contribution in [0.3, 0.4) is 0 Å². The van der Waals surface area contributed by atoms with Gasteiger partial charge in [0.25, 0.3) is 0 Å². The number of aromatic amines is 1. The summed E-state index contributed by atoms with van der Waals surface area (Å²) in [5, 5.41) is 37.7. The highest BCUT2D eigenvalue weighted by Gasteiger charge is 2.24. The first-order valence-corrected chi connectivity index (χ1v) is 11.5. The normalized spacial score (nSPS) is 12.5. The molecule has 1 atom stereocenters. The molecule has 0 aliphatic heterocycles. The van der Waals surface area contributed by atoms with Gasteiger partial charge in [-0.15, -0.1) is 0 Å². The van der Waals surface area contributed by atoms with Gasteiger partial charge in [-0.05, 0) is 35.7 Å². The molecule has 9 nitrogen and oxygen atoms in total. The minimum absolute atomic E-state index is 0.218. The van der Waals surface area contributed by atoms with Crippen molar-refractivity contribution in [1.82, 2.24) is 19.9 Å². The molecule has 0 bridgehead atoms. The summed E-state index contributed by atoms with van der Waals surface area (Å²) in [6.45, 7) is 1.52. The van der Waals surface area contributed by atoms with Gasteiger partial charge in [-0.3, -0.25) is 5.10 Å². The average Bonchev–Trinajstić information content (AvgIpc) is 3.34. The number of H-pyrrole nitrogens is 1. The molecular weight excluding hydrogens is 444 g/mol. The van der Waals surface area contributed by atoms with Crippen molar-refractivity contribution < 1.29 is 23.7 Å². The molecule has 0 radical (unpaired) electrons. The summed E-state index contributed by atoms with van der Waals surface area (Å²) < 4.78 is 28.2. The van der Waals surface area contributed by atoms with Crippen LogP contribution in [-0.2, 0) is 10.0 Å². The first kappa shape index (κ1) is 22.5. The van der Waals surface area contributed by atoms with Crippen molar-refractivity contribution >= 4 is 10.0 Å². The number of phenolic OH excluding ortho intramolecular Hbond substituents is 2. The number of aromatic nitrogens is 3. The second-order valence-corrected chi connectivity index (χ2v) is 9.21. The number of hydrogen-bond donors (Lipinski definition) is 5. The van der Waals surface area contributed by atoms with Gasteiger partial charge in [-0.25, -0.2) is 18.1 Å². The maximum Gasteiger partial charge on any atom is 0.244 e. The highest BCUT2D eigenvalue weighted by Crippen LogP contribution is 2.39. The lowest BCUT2D eigenvalue weighted by Gasteiger charge is -2.16. The SMILES string of the molecule is Cc1ccc(-c2ncn[nH]2)cc1-c1cc(S(=O)(=O)NCC(O)c2ccccc2)c(O)cc1O. The molecule has 0 aliphatic rings. The van der Waals surface area contributed by atoms with Crippen LogP contribution in [0.15, 0.2) is 71.9 Å². The molecule has 0 aliphatic carbocycles. The standard InChI is InChI=1S/C23H22N4O5S/c1-14-7-8-16(23-24-13-25-27-23)9-17(14)18-10-22(20(29)11-19(18)28)33(31,32)26-12-21(30)15-5-3-2-4-6-15/h2-11,13,21,26,28-30H,12H2,1H3,(H,24,25,27). The lowest BCUT2D eigenvalue weighted by molar-refractivity contribution is 0.182. The summed E-state index contributed by atoms with van der Waals surface area (Å²) >= 11 is 0. The van der Waals surface area contributed by atoms with Gasteiger partial charge >= 0.3 is 0 Å². The fourth-order valence-electron chi connectivity index (χ4n) is 3.45. The van der Waals surface area contributed by atoms with Crippen LogP contribution in [-0.4, -0.2) is 45.5 Å². The number of sulfonamides is 1. The lowest BCUT2D eigenvalue weighted by atomic mass is 9.97. The van der Waals surface area contributed by atoms with Gasteiger partial charge in [0.15, 0.2) is 5.82 Å². The van der Waals surface area contributed by atoms with E-state index in [4.69, 9.17) is 0 Å². The number of aromatic hydroxyl groups is 2. The van der Waals surface area contributed by atoms with Crippen molar-refractivity contribution in [3.63, 3.8) is 0 Å². The third-order valence-corrected chi connectivity index (χ3v) is 6.69. The van der Waals surface area contributed by atoms with Crippen molar-refractivity contribution in [2.24, 2.45) is 0 Å². The summed E-state index contributed by atoms with van der Waals surface area (Å²) in [5.74, 6) is -0.380. The first-order chi connectivity index (χ1) is 15.8. The minimum Gasteiger partial charge on any atom is -0.507 e. The van der Waals surface area contributed by atoms with Crippen molar-refractivity contribution in [3.05, 3.63) is 78.1 Å². The molecule has 1 aromatic heterocycles. The molecule has 10 heteroatoms. The molecule has 170 valence electrons. The van der Waals surface area contributed by atoms with E-state index in [-0.39, 0.29) is 17.9 Å².